The summed E-state index contributed by atoms with van der Waals surface area (Å²) in [7, 11) is 0. The third kappa shape index (κ3) is 5.76. The van der Waals surface area contributed by atoms with Crippen LogP contribution in [0.3, 0.4) is 0 Å². The molecule has 0 N–H and O–H groups in total. The monoisotopic (exact) mass is 623 g/mol. The Hall–Kier alpha value is -6.04. The van der Waals surface area contributed by atoms with E-state index >= 15 is 0 Å². The summed E-state index contributed by atoms with van der Waals surface area (Å²) in [5.41, 5.74) is 8.25. The molecule has 0 radical (unpaired) electrons. The highest BCUT2D eigenvalue weighted by Crippen LogP contribution is 2.37. The van der Waals surface area contributed by atoms with Gasteiger partial charge in [0.2, 0.25) is 0 Å². The lowest BCUT2D eigenvalue weighted by Crippen LogP contribution is -2.01. The molecule has 6 aromatic carbocycles. The van der Waals surface area contributed by atoms with Gasteiger partial charge in [-0.2, -0.15) is 0 Å². The predicted molar refractivity (Wildman–Crippen MR) is 191 cm³/mol. The summed E-state index contributed by atoms with van der Waals surface area (Å²) in [6.07, 6.45) is 0. The predicted octanol–water partition coefficient (Wildman–Crippen LogP) is 10.5. The van der Waals surface area contributed by atoms with Gasteiger partial charge in [0.05, 0.1) is 11.2 Å². The van der Waals surface area contributed by atoms with Crippen LogP contribution in [0.25, 0.3) is 78.8 Å². The number of hydrogen-bond acceptors (Lipinski definition) is 5. The van der Waals surface area contributed by atoms with E-state index < -0.39 is 0 Å². The lowest BCUT2D eigenvalue weighted by Gasteiger charge is -2.14. The van der Waals surface area contributed by atoms with E-state index in [0.717, 1.165) is 55.5 Å². The van der Waals surface area contributed by atoms with E-state index in [1.54, 1.807) is 0 Å². The van der Waals surface area contributed by atoms with E-state index in [4.69, 9.17) is 36.5 Å². The van der Waals surface area contributed by atoms with Gasteiger partial charge in [-0.15, -0.1) is 0 Å². The molecule has 0 unspecified atom stereocenters. The van der Waals surface area contributed by atoms with Gasteiger partial charge in [-0.25, -0.2) is 24.9 Å². The van der Waals surface area contributed by atoms with Gasteiger partial charge in [-0.1, -0.05) is 145 Å². The van der Waals surface area contributed by atoms with Crippen LogP contribution in [0.4, 0.5) is 0 Å². The van der Waals surface area contributed by atoms with Crippen molar-refractivity contribution in [1.29, 1.82) is 0 Å². The number of fused-ring (bicyclic) bond motifs is 1. The minimum atomic E-state index is 0.541. The molecule has 0 atom stereocenters. The normalized spacial score (nSPS) is 11.1. The van der Waals surface area contributed by atoms with Crippen LogP contribution in [0.15, 0.2) is 158 Å². The summed E-state index contributed by atoms with van der Waals surface area (Å²) in [5, 5.41) is 1.58. The van der Waals surface area contributed by atoms with Gasteiger partial charge >= 0.3 is 0 Å². The topological polar surface area (TPSA) is 64.5 Å². The lowest BCUT2D eigenvalue weighted by atomic mass is 9.95. The van der Waals surface area contributed by atoms with Crippen LogP contribution in [0.5, 0.6) is 0 Å². The maximum atomic E-state index is 6.65. The molecule has 222 valence electrons. The first-order valence-corrected chi connectivity index (χ1v) is 15.7. The van der Waals surface area contributed by atoms with Crippen molar-refractivity contribution in [3.8, 4) is 67.9 Å². The molecule has 0 amide bonds. The summed E-state index contributed by atoms with van der Waals surface area (Å²) < 4.78 is 0. The van der Waals surface area contributed by atoms with Crippen LogP contribution in [0.2, 0.25) is 5.02 Å². The van der Waals surface area contributed by atoms with Crippen LogP contribution in [0.1, 0.15) is 0 Å². The molecule has 0 aliphatic heterocycles. The number of benzene rings is 6. The highest BCUT2D eigenvalue weighted by molar-refractivity contribution is 6.31. The first kappa shape index (κ1) is 28.4. The first-order chi connectivity index (χ1) is 23.2. The highest BCUT2D eigenvalue weighted by atomic mass is 35.5. The minimum Gasteiger partial charge on any atom is -0.228 e. The zero-order chi connectivity index (χ0) is 31.6. The van der Waals surface area contributed by atoms with E-state index in [-0.39, 0.29) is 0 Å². The zero-order valence-corrected chi connectivity index (χ0v) is 25.9. The molecular weight excluding hydrogens is 598 g/mol. The Morgan fingerprint density at radius 1 is 0.340 bits per heavy atom. The fraction of sp³-hybridized carbons (Fsp3) is 0. The Bertz CT molecular complexity index is 2300. The van der Waals surface area contributed by atoms with E-state index in [2.05, 4.69) is 30.3 Å². The summed E-state index contributed by atoms with van der Waals surface area (Å²) in [6.45, 7) is 0. The van der Waals surface area contributed by atoms with Gasteiger partial charge in [0, 0.05) is 38.2 Å². The molecule has 0 aliphatic carbocycles. The molecule has 5 nitrogen and oxygen atoms in total. The van der Waals surface area contributed by atoms with E-state index in [9.17, 15) is 0 Å². The van der Waals surface area contributed by atoms with Crippen LogP contribution < -0.4 is 0 Å². The average molecular weight is 624 g/mol. The zero-order valence-electron chi connectivity index (χ0n) is 25.1. The largest absolute Gasteiger partial charge is 0.228 e. The lowest BCUT2D eigenvalue weighted by molar-refractivity contribution is 1.07. The van der Waals surface area contributed by atoms with Crippen molar-refractivity contribution in [3.05, 3.63) is 163 Å². The molecule has 8 aromatic rings. The molecule has 0 fully saturated rings. The number of nitrogens with zero attached hydrogens (tertiary/aromatic N) is 5. The molecule has 0 aliphatic rings. The Balaban J connectivity index is 1.30. The highest BCUT2D eigenvalue weighted by Gasteiger charge is 2.18. The van der Waals surface area contributed by atoms with Crippen molar-refractivity contribution in [1.82, 2.24) is 24.9 Å². The summed E-state index contributed by atoms with van der Waals surface area (Å²) in [4.78, 5) is 24.8. The molecule has 0 saturated carbocycles. The Kier molecular flexibility index (Phi) is 7.50. The molecular formula is C41H26ClN5. The molecule has 2 heterocycles. The fourth-order valence-corrected chi connectivity index (χ4v) is 5.90. The minimum absolute atomic E-state index is 0.541. The maximum Gasteiger partial charge on any atom is 0.164 e. The van der Waals surface area contributed by atoms with E-state index in [1.807, 2.05) is 127 Å². The van der Waals surface area contributed by atoms with Crippen molar-refractivity contribution in [3.63, 3.8) is 0 Å². The number of halogens is 1. The van der Waals surface area contributed by atoms with Gasteiger partial charge in [0.25, 0.3) is 0 Å². The number of hydrogen-bond donors (Lipinski definition) is 0. The van der Waals surface area contributed by atoms with Gasteiger partial charge in [-0.3, -0.25) is 0 Å². The quantitative estimate of drug-likeness (QED) is 0.184. The van der Waals surface area contributed by atoms with Gasteiger partial charge in [0.15, 0.2) is 23.3 Å². The van der Waals surface area contributed by atoms with Gasteiger partial charge in [-0.05, 0) is 35.4 Å². The third-order valence-electron chi connectivity index (χ3n) is 8.00. The third-order valence-corrected chi connectivity index (χ3v) is 8.24. The van der Waals surface area contributed by atoms with Crippen molar-refractivity contribution < 1.29 is 0 Å². The smallest absolute Gasteiger partial charge is 0.164 e. The van der Waals surface area contributed by atoms with Crippen LogP contribution in [-0.2, 0) is 0 Å². The second-order valence-corrected chi connectivity index (χ2v) is 11.5. The molecule has 8 rings (SSSR count). The maximum absolute atomic E-state index is 6.65. The fourth-order valence-electron chi connectivity index (χ4n) is 5.73. The second-order valence-electron chi connectivity index (χ2n) is 11.1. The van der Waals surface area contributed by atoms with Gasteiger partial charge in [0.1, 0.15) is 0 Å². The van der Waals surface area contributed by atoms with Crippen LogP contribution >= 0.6 is 11.6 Å². The van der Waals surface area contributed by atoms with E-state index in [0.29, 0.717) is 28.3 Å². The molecule has 2 aromatic heterocycles. The molecule has 0 saturated heterocycles. The van der Waals surface area contributed by atoms with E-state index in [1.165, 1.54) is 0 Å². The molecule has 0 bridgehead atoms. The molecule has 47 heavy (non-hydrogen) atoms. The Morgan fingerprint density at radius 3 is 1.49 bits per heavy atom. The molecule has 0 spiro atoms. The summed E-state index contributed by atoms with van der Waals surface area (Å²) in [5.74, 6) is 2.41. The summed E-state index contributed by atoms with van der Waals surface area (Å²) >= 11 is 6.65. The van der Waals surface area contributed by atoms with Crippen LogP contribution in [-0.4, -0.2) is 24.9 Å². The summed E-state index contributed by atoms with van der Waals surface area (Å²) in [6, 6.07) is 52.4. The van der Waals surface area contributed by atoms with Crippen molar-refractivity contribution in [2.45, 2.75) is 0 Å². The Morgan fingerprint density at radius 2 is 0.851 bits per heavy atom. The number of para-hydroxylation sites is 1. The van der Waals surface area contributed by atoms with Gasteiger partial charge < -0.3 is 0 Å². The standard InChI is InChI=1S/C41H26ClN5/c42-32-23-24-33(35(26-32)41-46-39(28-15-6-2-7-16-28)45-40(47-41)29-17-8-3-9-18-29)30-19-12-20-31(25-30)37-34-21-10-11-22-36(34)43-38(44-37)27-13-4-1-5-14-27/h1-26H. The Labute approximate surface area is 277 Å². The van der Waals surface area contributed by atoms with Crippen molar-refractivity contribution >= 4 is 22.5 Å². The second kappa shape index (κ2) is 12.4. The van der Waals surface area contributed by atoms with Crippen molar-refractivity contribution in [2.24, 2.45) is 0 Å². The van der Waals surface area contributed by atoms with Crippen LogP contribution in [0, 0.1) is 0 Å². The first-order valence-electron chi connectivity index (χ1n) is 15.3. The molecule has 6 heteroatoms. The SMILES string of the molecule is Clc1ccc(-c2cccc(-c3nc(-c4ccccc4)nc4ccccc34)c2)c(-c2nc(-c3ccccc3)nc(-c3ccccc3)n2)c1. The van der Waals surface area contributed by atoms with Crippen molar-refractivity contribution in [2.75, 3.05) is 0 Å². The average Bonchev–Trinajstić information content (AvgIpc) is 3.15. The number of rotatable bonds is 6. The number of aromatic nitrogens is 5.